The van der Waals surface area contributed by atoms with Gasteiger partial charge >= 0.3 is 0 Å². The van der Waals surface area contributed by atoms with E-state index >= 15 is 0 Å². The summed E-state index contributed by atoms with van der Waals surface area (Å²) in [6, 6.07) is 21.5. The Labute approximate surface area is 216 Å². The highest BCUT2D eigenvalue weighted by Crippen LogP contribution is 2.48. The van der Waals surface area contributed by atoms with E-state index in [0.29, 0.717) is 36.1 Å². The van der Waals surface area contributed by atoms with Crippen molar-refractivity contribution in [2.24, 2.45) is 5.92 Å². The van der Waals surface area contributed by atoms with Crippen LogP contribution in [-0.4, -0.2) is 38.2 Å². The van der Waals surface area contributed by atoms with Crippen molar-refractivity contribution in [3.05, 3.63) is 78.4 Å². The molecule has 0 aromatic heterocycles. The maximum absolute atomic E-state index is 13.8. The van der Waals surface area contributed by atoms with Crippen LogP contribution in [0.1, 0.15) is 31.9 Å². The van der Waals surface area contributed by atoms with Gasteiger partial charge in [-0.3, -0.25) is 14.4 Å². The molecule has 2 aliphatic heterocycles. The Morgan fingerprint density at radius 3 is 2.27 bits per heavy atom. The average Bonchev–Trinajstić information content (AvgIpc) is 3.44. The van der Waals surface area contributed by atoms with E-state index in [2.05, 4.69) is 0 Å². The molecule has 0 spiro atoms. The van der Waals surface area contributed by atoms with Crippen molar-refractivity contribution >= 4 is 23.2 Å². The zero-order valence-electron chi connectivity index (χ0n) is 21.1. The Balaban J connectivity index is 1.53. The Hall–Kier alpha value is -4.04. The molecule has 192 valence electrons. The summed E-state index contributed by atoms with van der Waals surface area (Å²) >= 11 is 0. The second-order valence-corrected chi connectivity index (χ2v) is 8.86. The number of fused-ring (bicyclic) bond motifs is 1. The van der Waals surface area contributed by atoms with Crippen molar-refractivity contribution in [3.63, 3.8) is 0 Å². The Bertz CT molecular complexity index is 1260. The molecule has 2 saturated heterocycles. The fourth-order valence-electron chi connectivity index (χ4n) is 4.86. The molecular weight excluding hydrogens is 472 g/mol. The first-order valence-corrected chi connectivity index (χ1v) is 12.5. The molecule has 2 heterocycles. The van der Waals surface area contributed by atoms with Crippen molar-refractivity contribution in [3.8, 4) is 17.2 Å². The minimum atomic E-state index is -0.953. The van der Waals surface area contributed by atoms with Gasteiger partial charge in [-0.1, -0.05) is 31.2 Å². The molecule has 0 bridgehead atoms. The average molecular weight is 503 g/mol. The first-order valence-electron chi connectivity index (χ1n) is 12.5. The summed E-state index contributed by atoms with van der Waals surface area (Å²) in [7, 11) is 1.58. The van der Waals surface area contributed by atoms with Gasteiger partial charge in [-0.15, -0.1) is 0 Å². The summed E-state index contributed by atoms with van der Waals surface area (Å²) in [5.41, 5.74) is 2.02. The van der Waals surface area contributed by atoms with Gasteiger partial charge in [-0.25, -0.2) is 9.96 Å². The van der Waals surface area contributed by atoms with E-state index in [4.69, 9.17) is 19.0 Å². The molecule has 2 aliphatic rings. The highest BCUT2D eigenvalue weighted by Gasteiger charge is 2.60. The number of ether oxygens (including phenoxy) is 3. The van der Waals surface area contributed by atoms with Crippen LogP contribution in [0, 0.1) is 5.92 Å². The predicted octanol–water partition coefficient (Wildman–Crippen LogP) is 4.93. The molecule has 2 fully saturated rings. The third-order valence-electron chi connectivity index (χ3n) is 6.52. The highest BCUT2D eigenvalue weighted by atomic mass is 16.7. The Morgan fingerprint density at radius 2 is 1.59 bits per heavy atom. The molecule has 0 unspecified atom stereocenters. The third kappa shape index (κ3) is 4.49. The predicted molar refractivity (Wildman–Crippen MR) is 139 cm³/mol. The molecule has 8 nitrogen and oxygen atoms in total. The van der Waals surface area contributed by atoms with E-state index < -0.39 is 24.0 Å². The molecule has 2 amide bonds. The topological polar surface area (TPSA) is 77.5 Å². The zero-order chi connectivity index (χ0) is 25.9. The fourth-order valence-corrected chi connectivity index (χ4v) is 4.86. The number of methoxy groups -OCH3 is 1. The molecule has 5 rings (SSSR count). The van der Waals surface area contributed by atoms with E-state index in [1.54, 1.807) is 36.4 Å². The smallest absolute Gasteiger partial charge is 0.266 e. The van der Waals surface area contributed by atoms with E-state index in [0.717, 1.165) is 17.7 Å². The normalized spacial score (nSPS) is 20.8. The summed E-state index contributed by atoms with van der Waals surface area (Å²) in [6.45, 7) is 5.03. The van der Waals surface area contributed by atoms with Crippen LogP contribution in [0.2, 0.25) is 0 Å². The largest absolute Gasteiger partial charge is 0.494 e. The second kappa shape index (κ2) is 10.5. The number of para-hydroxylation sites is 1. The van der Waals surface area contributed by atoms with Crippen LogP contribution < -0.4 is 24.2 Å². The molecule has 37 heavy (non-hydrogen) atoms. The molecule has 3 aromatic rings. The molecule has 8 heteroatoms. The van der Waals surface area contributed by atoms with Gasteiger partial charge in [0.25, 0.3) is 5.91 Å². The minimum absolute atomic E-state index is 0.312. The van der Waals surface area contributed by atoms with E-state index in [1.807, 2.05) is 62.4 Å². The highest BCUT2D eigenvalue weighted by molar-refractivity contribution is 6.23. The van der Waals surface area contributed by atoms with Gasteiger partial charge < -0.3 is 14.2 Å². The van der Waals surface area contributed by atoms with Crippen LogP contribution in [0.3, 0.4) is 0 Å². The number of rotatable bonds is 9. The van der Waals surface area contributed by atoms with Crippen molar-refractivity contribution in [1.29, 1.82) is 0 Å². The number of benzene rings is 3. The minimum Gasteiger partial charge on any atom is -0.494 e. The van der Waals surface area contributed by atoms with Crippen molar-refractivity contribution < 1.29 is 28.6 Å². The van der Waals surface area contributed by atoms with Crippen LogP contribution in [0.15, 0.2) is 72.8 Å². The first kappa shape index (κ1) is 24.6. The SMILES string of the molecule is CCCOc1ccc([C@@H]2[C@@H]3C(=O)N(c4ccc(OCC)cc4)C(=O)[C@H]3ON2c2ccccc2)cc1OC. The fraction of sp³-hybridized carbons (Fsp3) is 0.310. The lowest BCUT2D eigenvalue weighted by Crippen LogP contribution is -2.37. The van der Waals surface area contributed by atoms with Crippen LogP contribution in [-0.2, 0) is 14.4 Å². The van der Waals surface area contributed by atoms with Crippen molar-refractivity contribution in [2.75, 3.05) is 30.3 Å². The standard InChI is InChI=1S/C29H30N2O6/c1-4-17-36-23-16-11-19(18-24(23)34-3)26-25-27(37-31(26)21-9-7-6-8-10-21)29(33)30(28(25)32)20-12-14-22(15-13-20)35-5-2/h6-16,18,25-27H,4-5,17H2,1-3H3/t25-,26+,27-/m0/s1. The van der Waals surface area contributed by atoms with Crippen LogP contribution >= 0.6 is 0 Å². The molecule has 3 atom stereocenters. The number of hydrogen-bond donors (Lipinski definition) is 0. The number of amides is 2. The van der Waals surface area contributed by atoms with E-state index in [-0.39, 0.29) is 5.91 Å². The molecular formula is C29H30N2O6. The summed E-state index contributed by atoms with van der Waals surface area (Å²) < 4.78 is 16.9. The number of carbonyl (C=O) groups is 2. The zero-order valence-corrected chi connectivity index (χ0v) is 21.1. The van der Waals surface area contributed by atoms with Gasteiger partial charge in [-0.2, -0.15) is 0 Å². The first-order chi connectivity index (χ1) is 18.1. The van der Waals surface area contributed by atoms with Gasteiger partial charge in [-0.05, 0) is 67.4 Å². The maximum atomic E-state index is 13.8. The summed E-state index contributed by atoms with van der Waals surface area (Å²) in [5.74, 6) is 0.409. The monoisotopic (exact) mass is 502 g/mol. The van der Waals surface area contributed by atoms with Crippen LogP contribution in [0.25, 0.3) is 0 Å². The Kier molecular flexibility index (Phi) is 7.01. The molecule has 0 radical (unpaired) electrons. The van der Waals surface area contributed by atoms with Gasteiger partial charge in [0.1, 0.15) is 11.7 Å². The summed E-state index contributed by atoms with van der Waals surface area (Å²) in [6.07, 6.45) is -0.0865. The second-order valence-electron chi connectivity index (χ2n) is 8.86. The number of imide groups is 1. The summed E-state index contributed by atoms with van der Waals surface area (Å²) in [5, 5.41) is 1.67. The lowest BCUT2D eigenvalue weighted by atomic mass is 9.90. The maximum Gasteiger partial charge on any atom is 0.266 e. The number of nitrogens with zero attached hydrogens (tertiary/aromatic N) is 2. The summed E-state index contributed by atoms with van der Waals surface area (Å²) in [4.78, 5) is 34.8. The van der Waals surface area contributed by atoms with Crippen LogP contribution in [0.4, 0.5) is 11.4 Å². The van der Waals surface area contributed by atoms with Gasteiger partial charge in [0.15, 0.2) is 17.6 Å². The Morgan fingerprint density at radius 1 is 0.838 bits per heavy atom. The van der Waals surface area contributed by atoms with E-state index in [1.165, 1.54) is 4.90 Å². The van der Waals surface area contributed by atoms with Gasteiger partial charge in [0, 0.05) is 0 Å². The molecule has 0 aliphatic carbocycles. The van der Waals surface area contributed by atoms with Crippen molar-refractivity contribution in [1.82, 2.24) is 0 Å². The van der Waals surface area contributed by atoms with Gasteiger partial charge in [0.2, 0.25) is 5.91 Å². The van der Waals surface area contributed by atoms with Crippen LogP contribution in [0.5, 0.6) is 17.2 Å². The van der Waals surface area contributed by atoms with Gasteiger partial charge in [0.05, 0.1) is 37.7 Å². The lowest BCUT2D eigenvalue weighted by Gasteiger charge is -2.29. The lowest BCUT2D eigenvalue weighted by molar-refractivity contribution is -0.126. The number of carbonyl (C=O) groups excluding carboxylic acids is 2. The number of hydrogen-bond acceptors (Lipinski definition) is 7. The number of anilines is 2. The van der Waals surface area contributed by atoms with E-state index in [9.17, 15) is 9.59 Å². The van der Waals surface area contributed by atoms with Crippen molar-refractivity contribution in [2.45, 2.75) is 32.4 Å². The molecule has 0 N–H and O–H groups in total. The number of hydroxylamine groups is 1. The quantitative estimate of drug-likeness (QED) is 0.384. The molecule has 3 aromatic carbocycles. The molecule has 0 saturated carbocycles. The third-order valence-corrected chi connectivity index (χ3v) is 6.52.